The topological polar surface area (TPSA) is 39.8 Å². The molecule has 1 aromatic heterocycles. The summed E-state index contributed by atoms with van der Waals surface area (Å²) in [6.07, 6.45) is 1.29. The van der Waals surface area contributed by atoms with Crippen molar-refractivity contribution >= 4 is 10.9 Å². The number of rotatable bonds is 0. The highest BCUT2D eigenvalue weighted by atomic mass is 16.5. The van der Waals surface area contributed by atoms with Crippen LogP contribution in [0, 0.1) is 12.1 Å². The molecule has 2 aromatic rings. The van der Waals surface area contributed by atoms with Crippen LogP contribution in [0.25, 0.3) is 10.9 Å². The first kappa shape index (κ1) is 7.03. The van der Waals surface area contributed by atoms with E-state index in [9.17, 15) is 5.21 Å². The number of fused-ring (bicyclic) bond motifs is 1. The van der Waals surface area contributed by atoms with Gasteiger partial charge in [-0.1, -0.05) is 17.1 Å². The zero-order valence-electron chi connectivity index (χ0n) is 6.69. The summed E-state index contributed by atoms with van der Waals surface area (Å²) in [5.74, 6) is 0. The number of hydrogen-bond acceptors (Lipinski definition) is 2. The lowest BCUT2D eigenvalue weighted by Gasteiger charge is -2.03. The molecule has 0 atom stereocenters. The Bertz CT molecular complexity index is 385. The molecule has 0 aliphatic heterocycles. The van der Waals surface area contributed by atoms with Crippen molar-refractivity contribution in [1.29, 1.82) is 0 Å². The van der Waals surface area contributed by atoms with Crippen LogP contribution in [0.2, 0.25) is 0 Å². The summed E-state index contributed by atoms with van der Waals surface area (Å²) in [6, 6.07) is 7.43. The van der Waals surface area contributed by atoms with Gasteiger partial charge in [0.05, 0.1) is 5.39 Å². The monoisotopic (exact) mass is 160 g/mol. The smallest absolute Gasteiger partial charge is 0.289 e. The van der Waals surface area contributed by atoms with Crippen LogP contribution in [0.15, 0.2) is 30.6 Å². The minimum atomic E-state index is 0.671. The van der Waals surface area contributed by atoms with Gasteiger partial charge in [-0.05, 0) is 12.1 Å². The van der Waals surface area contributed by atoms with Crippen molar-refractivity contribution in [2.75, 3.05) is 0 Å². The molecule has 0 spiro atoms. The fourth-order valence-corrected chi connectivity index (χ4v) is 1.24. The highest BCUT2D eigenvalue weighted by molar-refractivity contribution is 5.77. The fraction of sp³-hybridized carbons (Fsp3) is 0.111. The summed E-state index contributed by atoms with van der Waals surface area (Å²) in [5.41, 5.74) is 1.56. The van der Waals surface area contributed by atoms with Gasteiger partial charge in [0.2, 0.25) is 0 Å². The number of para-hydroxylation sites is 1. The molecule has 60 valence electrons. The van der Waals surface area contributed by atoms with Gasteiger partial charge in [0.15, 0.2) is 5.69 Å². The first-order valence-electron chi connectivity index (χ1n) is 3.72. The van der Waals surface area contributed by atoms with E-state index >= 15 is 0 Å². The largest absolute Gasteiger partial charge is 0.710 e. The van der Waals surface area contributed by atoms with Crippen molar-refractivity contribution in [3.8, 4) is 0 Å². The molecule has 12 heavy (non-hydrogen) atoms. The Morgan fingerprint density at radius 2 is 2.08 bits per heavy atom. The Labute approximate surface area is 69.9 Å². The van der Waals surface area contributed by atoms with E-state index in [1.54, 1.807) is 6.07 Å². The Morgan fingerprint density at radius 3 is 2.83 bits per heavy atom. The lowest BCUT2D eigenvalue weighted by molar-refractivity contribution is -0.580. The number of benzene rings is 1. The number of nitrogens with zero attached hydrogens (tertiary/aromatic N) is 2. The van der Waals surface area contributed by atoms with Gasteiger partial charge in [-0.3, -0.25) is 0 Å². The van der Waals surface area contributed by atoms with E-state index < -0.39 is 0 Å². The number of aryl methyl sites for hydroxylation is 1. The van der Waals surface area contributed by atoms with Gasteiger partial charge in [-0.2, -0.15) is 0 Å². The molecule has 0 amide bonds. The summed E-state index contributed by atoms with van der Waals surface area (Å²) in [5, 5.41) is 12.1. The van der Waals surface area contributed by atoms with Gasteiger partial charge < -0.3 is 5.21 Å². The second-order valence-electron chi connectivity index (χ2n) is 2.67. The minimum Gasteiger partial charge on any atom is -0.710 e. The average molecular weight is 160 g/mol. The molecule has 0 saturated carbocycles. The van der Waals surface area contributed by atoms with Crippen molar-refractivity contribution in [2.45, 2.75) is 6.92 Å². The van der Waals surface area contributed by atoms with E-state index in [1.165, 1.54) is 6.33 Å². The van der Waals surface area contributed by atoms with E-state index in [4.69, 9.17) is 0 Å². The third-order valence-electron chi connectivity index (χ3n) is 1.89. The molecular formula is C9H8N2O. The second kappa shape index (κ2) is 2.44. The van der Waals surface area contributed by atoms with Crippen molar-refractivity contribution in [2.24, 2.45) is 0 Å². The van der Waals surface area contributed by atoms with Gasteiger partial charge >= 0.3 is 0 Å². The Morgan fingerprint density at radius 1 is 1.33 bits per heavy atom. The molecule has 0 aliphatic rings. The van der Waals surface area contributed by atoms with E-state index in [1.807, 2.05) is 25.1 Å². The highest BCUT2D eigenvalue weighted by Crippen LogP contribution is 2.10. The molecule has 0 radical (unpaired) electrons. The molecule has 3 heteroatoms. The maximum absolute atomic E-state index is 11.2. The molecule has 1 aromatic carbocycles. The summed E-state index contributed by atoms with van der Waals surface area (Å²) >= 11 is 0. The molecule has 0 fully saturated rings. The van der Waals surface area contributed by atoms with Crippen molar-refractivity contribution in [3.63, 3.8) is 0 Å². The lowest BCUT2D eigenvalue weighted by atomic mass is 10.2. The van der Waals surface area contributed by atoms with Gasteiger partial charge in [-0.15, -0.1) is 0 Å². The zero-order valence-corrected chi connectivity index (χ0v) is 6.69. The van der Waals surface area contributed by atoms with Crippen LogP contribution < -0.4 is 4.73 Å². The van der Waals surface area contributed by atoms with Crippen molar-refractivity contribution in [3.05, 3.63) is 41.5 Å². The molecule has 1 heterocycles. The third-order valence-corrected chi connectivity index (χ3v) is 1.89. The minimum absolute atomic E-state index is 0.671. The van der Waals surface area contributed by atoms with Crippen molar-refractivity contribution < 1.29 is 4.73 Å². The molecule has 0 saturated heterocycles. The highest BCUT2D eigenvalue weighted by Gasteiger charge is 2.04. The molecule has 0 bridgehead atoms. The standard InChI is InChI=1S/C9H8N2O/c1-7-8-4-2-3-5-9(8)11(12)6-10-7/h2-6H,1H3. The molecular weight excluding hydrogens is 152 g/mol. The van der Waals surface area contributed by atoms with Crippen LogP contribution in [-0.2, 0) is 0 Å². The summed E-state index contributed by atoms with van der Waals surface area (Å²) in [7, 11) is 0. The van der Waals surface area contributed by atoms with Gasteiger partial charge in [0, 0.05) is 6.92 Å². The van der Waals surface area contributed by atoms with Crippen LogP contribution in [0.1, 0.15) is 5.69 Å². The van der Waals surface area contributed by atoms with Crippen LogP contribution in [0.3, 0.4) is 0 Å². The van der Waals surface area contributed by atoms with Crippen molar-refractivity contribution in [1.82, 2.24) is 4.98 Å². The van der Waals surface area contributed by atoms with E-state index in [0.717, 1.165) is 15.8 Å². The summed E-state index contributed by atoms with van der Waals surface area (Å²) in [6.45, 7) is 1.89. The summed E-state index contributed by atoms with van der Waals surface area (Å²) < 4.78 is 0.780. The average Bonchev–Trinajstić information content (AvgIpc) is 2.12. The lowest BCUT2D eigenvalue weighted by Crippen LogP contribution is -2.27. The first-order valence-corrected chi connectivity index (χ1v) is 3.72. The molecule has 2 rings (SSSR count). The van der Waals surface area contributed by atoms with E-state index in [-0.39, 0.29) is 0 Å². The van der Waals surface area contributed by atoms with Crippen LogP contribution >= 0.6 is 0 Å². The second-order valence-corrected chi connectivity index (χ2v) is 2.67. The Kier molecular flexibility index (Phi) is 1.43. The fourth-order valence-electron chi connectivity index (χ4n) is 1.24. The Balaban J connectivity index is 2.95. The van der Waals surface area contributed by atoms with Crippen LogP contribution in [-0.4, -0.2) is 4.98 Å². The molecule has 0 N–H and O–H groups in total. The number of aromatic nitrogens is 2. The molecule has 0 aliphatic carbocycles. The SMILES string of the molecule is Cc1nc[n+]([O-])c2ccccc12. The first-order chi connectivity index (χ1) is 5.79. The predicted molar refractivity (Wildman–Crippen MR) is 45.4 cm³/mol. The van der Waals surface area contributed by atoms with E-state index in [0.29, 0.717) is 5.52 Å². The zero-order chi connectivity index (χ0) is 8.55. The van der Waals surface area contributed by atoms with Gasteiger partial charge in [-0.25, -0.2) is 4.73 Å². The normalized spacial score (nSPS) is 10.4. The quantitative estimate of drug-likeness (QED) is 0.428. The maximum Gasteiger partial charge on any atom is 0.289 e. The molecule has 0 unspecified atom stereocenters. The van der Waals surface area contributed by atoms with Gasteiger partial charge in [0.1, 0.15) is 5.52 Å². The Hall–Kier alpha value is -1.64. The third kappa shape index (κ3) is 0.906. The van der Waals surface area contributed by atoms with Crippen LogP contribution in [0.5, 0.6) is 0 Å². The summed E-state index contributed by atoms with van der Waals surface area (Å²) in [4.78, 5) is 3.96. The predicted octanol–water partition coefficient (Wildman–Crippen LogP) is 1.18. The van der Waals surface area contributed by atoms with Crippen LogP contribution in [0.4, 0.5) is 0 Å². The number of hydrogen-bond donors (Lipinski definition) is 0. The molecule has 3 nitrogen and oxygen atoms in total. The van der Waals surface area contributed by atoms with E-state index in [2.05, 4.69) is 4.98 Å². The maximum atomic E-state index is 11.2. The van der Waals surface area contributed by atoms with Gasteiger partial charge in [0.25, 0.3) is 6.33 Å².